The van der Waals surface area contributed by atoms with Gasteiger partial charge < -0.3 is 4.52 Å². The fraction of sp³-hybridized carbons (Fsp3) is 0.176. The number of nitriles is 1. The molecule has 0 radical (unpaired) electrons. The molecule has 0 spiro atoms. The molecule has 116 valence electrons. The van der Waals surface area contributed by atoms with Gasteiger partial charge in [-0.2, -0.15) is 5.26 Å². The molecule has 4 nitrogen and oxygen atoms in total. The van der Waals surface area contributed by atoms with Crippen molar-refractivity contribution < 1.29 is 13.3 Å². The zero-order valence-corrected chi connectivity index (χ0v) is 12.4. The Morgan fingerprint density at radius 1 is 1.17 bits per heavy atom. The normalized spacial score (nSPS) is 11.1. The van der Waals surface area contributed by atoms with Crippen LogP contribution in [0.4, 0.5) is 8.78 Å². The van der Waals surface area contributed by atoms with Crippen LogP contribution in [0.3, 0.4) is 0 Å². The zero-order valence-electron chi connectivity index (χ0n) is 12.4. The summed E-state index contributed by atoms with van der Waals surface area (Å²) in [4.78, 5) is 1.87. The molecule has 0 unspecified atom stereocenters. The molecule has 0 saturated carbocycles. The lowest BCUT2D eigenvalue weighted by Crippen LogP contribution is -2.18. The quantitative estimate of drug-likeness (QED) is 0.738. The Morgan fingerprint density at radius 2 is 2.00 bits per heavy atom. The number of rotatable bonds is 4. The zero-order chi connectivity index (χ0) is 16.4. The molecular weight excluding hydrogens is 300 g/mol. The molecule has 2 aromatic carbocycles. The van der Waals surface area contributed by atoms with E-state index in [1.807, 2.05) is 18.0 Å². The Morgan fingerprint density at radius 3 is 2.74 bits per heavy atom. The smallest absolute Gasteiger partial charge is 0.170 e. The SMILES string of the molecule is CN(Cc1ccc(C#N)cc1F)Cc1noc2cc(F)ccc12. The molecule has 0 aliphatic rings. The van der Waals surface area contributed by atoms with Gasteiger partial charge in [0.25, 0.3) is 0 Å². The molecule has 0 aliphatic heterocycles. The highest BCUT2D eigenvalue weighted by Gasteiger charge is 2.13. The van der Waals surface area contributed by atoms with Gasteiger partial charge in [0.05, 0.1) is 11.6 Å². The monoisotopic (exact) mass is 313 g/mol. The minimum atomic E-state index is -0.414. The first-order chi connectivity index (χ1) is 11.1. The van der Waals surface area contributed by atoms with Crippen molar-refractivity contribution in [2.45, 2.75) is 13.1 Å². The second kappa shape index (κ2) is 6.15. The Kier molecular flexibility index (Phi) is 4.04. The first-order valence-electron chi connectivity index (χ1n) is 6.97. The van der Waals surface area contributed by atoms with Crippen LogP contribution in [-0.2, 0) is 13.1 Å². The first-order valence-corrected chi connectivity index (χ1v) is 6.97. The van der Waals surface area contributed by atoms with Crippen molar-refractivity contribution in [2.75, 3.05) is 7.05 Å². The summed E-state index contributed by atoms with van der Waals surface area (Å²) in [7, 11) is 1.82. The Balaban J connectivity index is 1.76. The van der Waals surface area contributed by atoms with Crippen molar-refractivity contribution in [1.82, 2.24) is 10.1 Å². The van der Waals surface area contributed by atoms with Gasteiger partial charge in [0.15, 0.2) is 5.58 Å². The van der Waals surface area contributed by atoms with E-state index in [4.69, 9.17) is 9.78 Å². The molecule has 0 saturated heterocycles. The lowest BCUT2D eigenvalue weighted by atomic mass is 10.1. The number of nitrogens with zero attached hydrogens (tertiary/aromatic N) is 3. The molecule has 6 heteroatoms. The summed E-state index contributed by atoms with van der Waals surface area (Å²) in [5, 5.41) is 13.4. The highest BCUT2D eigenvalue weighted by molar-refractivity contribution is 5.79. The molecule has 3 rings (SSSR count). The maximum atomic E-state index is 13.9. The third kappa shape index (κ3) is 3.20. The summed E-state index contributed by atoms with van der Waals surface area (Å²) in [6.07, 6.45) is 0. The van der Waals surface area contributed by atoms with Crippen LogP contribution in [0.25, 0.3) is 11.0 Å². The van der Waals surface area contributed by atoms with E-state index in [9.17, 15) is 8.78 Å². The van der Waals surface area contributed by atoms with E-state index in [1.54, 1.807) is 18.2 Å². The van der Waals surface area contributed by atoms with Crippen LogP contribution < -0.4 is 0 Å². The second-order valence-corrected chi connectivity index (χ2v) is 5.36. The summed E-state index contributed by atoms with van der Waals surface area (Å²) in [5.41, 5.74) is 1.83. The van der Waals surface area contributed by atoms with Gasteiger partial charge in [0.2, 0.25) is 0 Å². The van der Waals surface area contributed by atoms with E-state index in [0.29, 0.717) is 35.5 Å². The van der Waals surface area contributed by atoms with Gasteiger partial charge in [-0.3, -0.25) is 4.90 Å². The summed E-state index contributed by atoms with van der Waals surface area (Å²) in [6, 6.07) is 10.6. The largest absolute Gasteiger partial charge is 0.356 e. The molecule has 0 fully saturated rings. The molecule has 23 heavy (non-hydrogen) atoms. The van der Waals surface area contributed by atoms with Crippen molar-refractivity contribution in [3.63, 3.8) is 0 Å². The van der Waals surface area contributed by atoms with Crippen LogP contribution in [0.2, 0.25) is 0 Å². The number of benzene rings is 2. The predicted octanol–water partition coefficient (Wildman–Crippen LogP) is 3.61. The van der Waals surface area contributed by atoms with Crippen molar-refractivity contribution in [3.05, 3.63) is 64.9 Å². The van der Waals surface area contributed by atoms with Crippen molar-refractivity contribution in [1.29, 1.82) is 5.26 Å². The van der Waals surface area contributed by atoms with Gasteiger partial charge in [-0.25, -0.2) is 8.78 Å². The second-order valence-electron chi connectivity index (χ2n) is 5.36. The average molecular weight is 313 g/mol. The fourth-order valence-corrected chi connectivity index (χ4v) is 2.43. The topological polar surface area (TPSA) is 53.1 Å². The number of fused-ring (bicyclic) bond motifs is 1. The van der Waals surface area contributed by atoms with Crippen molar-refractivity contribution in [2.24, 2.45) is 0 Å². The molecule has 3 aromatic rings. The number of halogens is 2. The molecular formula is C17H13F2N3O. The van der Waals surface area contributed by atoms with E-state index in [-0.39, 0.29) is 5.82 Å². The first kappa shape index (κ1) is 15.1. The predicted molar refractivity (Wildman–Crippen MR) is 80.3 cm³/mol. The molecule has 0 amide bonds. The number of hydrogen-bond donors (Lipinski definition) is 0. The molecule has 1 aromatic heterocycles. The Bertz CT molecular complexity index is 898. The van der Waals surface area contributed by atoms with E-state index in [2.05, 4.69) is 5.16 Å². The molecule has 0 atom stereocenters. The summed E-state index contributed by atoms with van der Waals surface area (Å²) in [6.45, 7) is 0.783. The van der Waals surface area contributed by atoms with Gasteiger partial charge in [-0.1, -0.05) is 11.2 Å². The van der Waals surface area contributed by atoms with E-state index in [0.717, 1.165) is 5.39 Å². The minimum Gasteiger partial charge on any atom is -0.356 e. The summed E-state index contributed by atoms with van der Waals surface area (Å²) >= 11 is 0. The van der Waals surface area contributed by atoms with Crippen LogP contribution >= 0.6 is 0 Å². The number of hydrogen-bond acceptors (Lipinski definition) is 4. The lowest BCUT2D eigenvalue weighted by Gasteiger charge is -2.15. The number of aromatic nitrogens is 1. The maximum absolute atomic E-state index is 13.9. The van der Waals surface area contributed by atoms with Crippen LogP contribution in [0.15, 0.2) is 40.9 Å². The van der Waals surface area contributed by atoms with Gasteiger partial charge in [0, 0.05) is 30.1 Å². The van der Waals surface area contributed by atoms with Gasteiger partial charge in [-0.05, 0) is 31.3 Å². The van der Waals surface area contributed by atoms with E-state index in [1.165, 1.54) is 18.2 Å². The molecule has 0 bridgehead atoms. The van der Waals surface area contributed by atoms with Crippen LogP contribution in [0.5, 0.6) is 0 Å². The summed E-state index contributed by atoms with van der Waals surface area (Å²) in [5.74, 6) is -0.795. The fourth-order valence-electron chi connectivity index (χ4n) is 2.43. The van der Waals surface area contributed by atoms with Crippen LogP contribution in [0.1, 0.15) is 16.8 Å². The standard InChI is InChI=1S/C17H13F2N3O/c1-22(9-12-3-2-11(8-20)6-15(12)19)10-16-14-5-4-13(18)7-17(14)23-21-16/h2-7H,9-10H2,1H3. The van der Waals surface area contributed by atoms with Crippen molar-refractivity contribution in [3.8, 4) is 6.07 Å². The third-order valence-electron chi connectivity index (χ3n) is 3.55. The maximum Gasteiger partial charge on any atom is 0.170 e. The highest BCUT2D eigenvalue weighted by Crippen LogP contribution is 2.21. The van der Waals surface area contributed by atoms with Gasteiger partial charge in [0.1, 0.15) is 17.3 Å². The summed E-state index contributed by atoms with van der Waals surface area (Å²) < 4.78 is 32.2. The van der Waals surface area contributed by atoms with Crippen LogP contribution in [0, 0.1) is 23.0 Å². The van der Waals surface area contributed by atoms with Crippen LogP contribution in [-0.4, -0.2) is 17.1 Å². The van der Waals surface area contributed by atoms with E-state index < -0.39 is 5.82 Å². The Hall–Kier alpha value is -2.78. The molecule has 1 heterocycles. The third-order valence-corrected chi connectivity index (χ3v) is 3.55. The average Bonchev–Trinajstić information content (AvgIpc) is 2.91. The molecule has 0 N–H and O–H groups in total. The lowest BCUT2D eigenvalue weighted by molar-refractivity contribution is 0.302. The van der Waals surface area contributed by atoms with E-state index >= 15 is 0 Å². The Labute approximate surface area is 131 Å². The van der Waals surface area contributed by atoms with Gasteiger partial charge >= 0.3 is 0 Å². The van der Waals surface area contributed by atoms with Gasteiger partial charge in [-0.15, -0.1) is 0 Å². The van der Waals surface area contributed by atoms with Crippen molar-refractivity contribution >= 4 is 11.0 Å². The highest BCUT2D eigenvalue weighted by atomic mass is 19.1. The molecule has 0 aliphatic carbocycles. The minimum absolute atomic E-state index is 0.290.